The fourth-order valence-electron chi connectivity index (χ4n) is 1.61. The van der Waals surface area contributed by atoms with Crippen LogP contribution >= 0.6 is 0 Å². The number of nitrogens with one attached hydrogen (secondary N) is 1. The first-order valence-corrected chi connectivity index (χ1v) is 5.86. The van der Waals surface area contributed by atoms with Crippen molar-refractivity contribution in [2.24, 2.45) is 0 Å². The Morgan fingerprint density at radius 2 is 2.11 bits per heavy atom. The largest absolute Gasteiger partial charge is 0.309 e. The van der Waals surface area contributed by atoms with Gasteiger partial charge in [-0.2, -0.15) is 5.10 Å². The molecule has 0 saturated carbocycles. The molecule has 1 amide bonds. The molecule has 6 nitrogen and oxygen atoms in total. The van der Waals surface area contributed by atoms with Crippen molar-refractivity contribution in [3.63, 3.8) is 0 Å². The molecule has 1 N–H and O–H groups in total. The summed E-state index contributed by atoms with van der Waals surface area (Å²) in [6.45, 7) is 3.45. The Bertz CT molecular complexity index is 651. The number of hydrogen-bond acceptors (Lipinski definition) is 4. The van der Waals surface area contributed by atoms with E-state index in [1.807, 2.05) is 13.0 Å². The highest BCUT2D eigenvalue weighted by atomic mass is 16.2. The lowest BCUT2D eigenvalue weighted by atomic mass is 10.3. The number of nitrogens with zero attached hydrogens (tertiary/aromatic N) is 3. The summed E-state index contributed by atoms with van der Waals surface area (Å²) < 4.78 is 1.13. The van der Waals surface area contributed by atoms with Gasteiger partial charge in [-0.3, -0.25) is 9.59 Å². The van der Waals surface area contributed by atoms with Crippen molar-refractivity contribution in [2.75, 3.05) is 5.32 Å². The summed E-state index contributed by atoms with van der Waals surface area (Å²) in [5, 5.41) is 6.54. The van der Waals surface area contributed by atoms with Crippen LogP contribution in [-0.4, -0.2) is 20.7 Å². The van der Waals surface area contributed by atoms with Gasteiger partial charge in [0.05, 0.1) is 0 Å². The van der Waals surface area contributed by atoms with Crippen LogP contribution < -0.4 is 10.9 Å². The zero-order valence-electron chi connectivity index (χ0n) is 10.7. The lowest BCUT2D eigenvalue weighted by molar-refractivity contribution is -0.119. The molecule has 0 aliphatic rings. The Kier molecular flexibility index (Phi) is 3.70. The molecule has 19 heavy (non-hydrogen) atoms. The third kappa shape index (κ3) is 3.04. The number of hydrogen-bond donors (Lipinski definition) is 1. The first-order valence-electron chi connectivity index (χ1n) is 5.86. The molecule has 2 aromatic heterocycles. The van der Waals surface area contributed by atoms with Crippen molar-refractivity contribution in [2.45, 2.75) is 19.9 Å². The third-order valence-electron chi connectivity index (χ3n) is 2.63. The standard InChI is InChI=1S/C13H14N4O2/c1-9-5-3-6-11(15-9)16-13(19)10(2)17-12(18)7-4-8-14-17/h3-8,10H,1-2H3,(H,15,16,19)/t10-/m1/s1. The molecule has 0 spiro atoms. The number of carbonyl (C=O) groups is 1. The number of pyridine rings is 1. The molecule has 2 aromatic rings. The average molecular weight is 258 g/mol. The van der Waals surface area contributed by atoms with E-state index < -0.39 is 6.04 Å². The smallest absolute Gasteiger partial charge is 0.267 e. The van der Waals surface area contributed by atoms with E-state index in [0.29, 0.717) is 5.82 Å². The number of aryl methyl sites for hydroxylation is 1. The van der Waals surface area contributed by atoms with Crippen molar-refractivity contribution in [3.8, 4) is 0 Å². The van der Waals surface area contributed by atoms with Gasteiger partial charge in [0.15, 0.2) is 0 Å². The van der Waals surface area contributed by atoms with Gasteiger partial charge in [0, 0.05) is 18.0 Å². The van der Waals surface area contributed by atoms with E-state index >= 15 is 0 Å². The molecule has 0 unspecified atom stereocenters. The summed E-state index contributed by atoms with van der Waals surface area (Å²) in [6, 6.07) is 7.53. The van der Waals surface area contributed by atoms with Crippen LogP contribution in [0.4, 0.5) is 5.82 Å². The van der Waals surface area contributed by atoms with Crippen LogP contribution in [0.3, 0.4) is 0 Å². The highest BCUT2D eigenvalue weighted by molar-refractivity contribution is 5.92. The summed E-state index contributed by atoms with van der Waals surface area (Å²) in [5.41, 5.74) is 0.489. The van der Waals surface area contributed by atoms with E-state index in [-0.39, 0.29) is 11.5 Å². The van der Waals surface area contributed by atoms with Crippen molar-refractivity contribution in [1.82, 2.24) is 14.8 Å². The number of aromatic nitrogens is 3. The molecule has 0 aliphatic heterocycles. The van der Waals surface area contributed by atoms with Gasteiger partial charge in [0.2, 0.25) is 5.91 Å². The average Bonchev–Trinajstić information content (AvgIpc) is 2.38. The highest BCUT2D eigenvalue weighted by Crippen LogP contribution is 2.08. The van der Waals surface area contributed by atoms with E-state index in [0.717, 1.165) is 10.4 Å². The molecule has 0 aromatic carbocycles. The van der Waals surface area contributed by atoms with Crippen molar-refractivity contribution >= 4 is 11.7 Å². The topological polar surface area (TPSA) is 76.9 Å². The maximum atomic E-state index is 12.0. The number of rotatable bonds is 3. The van der Waals surface area contributed by atoms with Crippen LogP contribution in [0, 0.1) is 6.92 Å². The van der Waals surface area contributed by atoms with Gasteiger partial charge in [-0.15, -0.1) is 0 Å². The van der Waals surface area contributed by atoms with Gasteiger partial charge in [0.25, 0.3) is 5.56 Å². The van der Waals surface area contributed by atoms with Gasteiger partial charge in [-0.1, -0.05) is 6.07 Å². The number of carbonyl (C=O) groups excluding carboxylic acids is 1. The number of anilines is 1. The summed E-state index contributed by atoms with van der Waals surface area (Å²) >= 11 is 0. The van der Waals surface area contributed by atoms with Crippen molar-refractivity contribution in [1.29, 1.82) is 0 Å². The fourth-order valence-corrected chi connectivity index (χ4v) is 1.61. The summed E-state index contributed by atoms with van der Waals surface area (Å²) in [7, 11) is 0. The molecule has 0 radical (unpaired) electrons. The second-order valence-corrected chi connectivity index (χ2v) is 4.14. The maximum Gasteiger partial charge on any atom is 0.267 e. The van der Waals surface area contributed by atoms with Crippen LogP contribution in [0.5, 0.6) is 0 Å². The Morgan fingerprint density at radius 1 is 1.32 bits per heavy atom. The van der Waals surface area contributed by atoms with Gasteiger partial charge in [-0.25, -0.2) is 9.67 Å². The van der Waals surface area contributed by atoms with Crippen molar-refractivity contribution < 1.29 is 4.79 Å². The lowest BCUT2D eigenvalue weighted by Gasteiger charge is -2.13. The zero-order valence-corrected chi connectivity index (χ0v) is 10.7. The molecule has 0 aliphatic carbocycles. The number of amides is 1. The highest BCUT2D eigenvalue weighted by Gasteiger charge is 2.17. The Hall–Kier alpha value is -2.50. The molecule has 0 fully saturated rings. The minimum absolute atomic E-state index is 0.317. The van der Waals surface area contributed by atoms with Crippen LogP contribution in [0.2, 0.25) is 0 Å². The molecule has 2 rings (SSSR count). The third-order valence-corrected chi connectivity index (χ3v) is 2.63. The van der Waals surface area contributed by atoms with Crippen LogP contribution in [-0.2, 0) is 4.79 Å². The summed E-state index contributed by atoms with van der Waals surface area (Å²) in [4.78, 5) is 27.8. The molecule has 0 saturated heterocycles. The van der Waals surface area contributed by atoms with Gasteiger partial charge in [0.1, 0.15) is 11.9 Å². The normalized spacial score (nSPS) is 11.9. The molecular formula is C13H14N4O2. The van der Waals surface area contributed by atoms with Crippen LogP contribution in [0.1, 0.15) is 18.7 Å². The molecule has 1 atom stereocenters. The summed E-state index contributed by atoms with van der Waals surface area (Å²) in [5.74, 6) is 0.125. The quantitative estimate of drug-likeness (QED) is 0.895. The Morgan fingerprint density at radius 3 is 2.79 bits per heavy atom. The molecule has 98 valence electrons. The predicted molar refractivity (Wildman–Crippen MR) is 70.8 cm³/mol. The molecule has 0 bridgehead atoms. The maximum absolute atomic E-state index is 12.0. The van der Waals surface area contributed by atoms with E-state index in [1.54, 1.807) is 19.1 Å². The van der Waals surface area contributed by atoms with E-state index in [9.17, 15) is 9.59 Å². The van der Waals surface area contributed by atoms with Crippen LogP contribution in [0.25, 0.3) is 0 Å². The Labute approximate surface area is 110 Å². The fraction of sp³-hybridized carbons (Fsp3) is 0.231. The SMILES string of the molecule is Cc1cccc(NC(=O)[C@@H](C)n2ncccc2=O)n1. The monoisotopic (exact) mass is 258 g/mol. The zero-order chi connectivity index (χ0) is 13.8. The van der Waals surface area contributed by atoms with Crippen LogP contribution in [0.15, 0.2) is 41.3 Å². The van der Waals surface area contributed by atoms with E-state index in [4.69, 9.17) is 0 Å². The van der Waals surface area contributed by atoms with Gasteiger partial charge < -0.3 is 5.32 Å². The second-order valence-electron chi connectivity index (χ2n) is 4.14. The van der Waals surface area contributed by atoms with E-state index in [2.05, 4.69) is 15.4 Å². The van der Waals surface area contributed by atoms with Gasteiger partial charge in [-0.05, 0) is 32.0 Å². The van der Waals surface area contributed by atoms with Crippen molar-refractivity contribution in [3.05, 3.63) is 52.6 Å². The molecular weight excluding hydrogens is 244 g/mol. The molecule has 2 heterocycles. The van der Waals surface area contributed by atoms with Gasteiger partial charge >= 0.3 is 0 Å². The lowest BCUT2D eigenvalue weighted by Crippen LogP contribution is -2.32. The predicted octanol–water partition coefficient (Wildman–Crippen LogP) is 1.15. The Balaban J connectivity index is 2.17. The minimum Gasteiger partial charge on any atom is -0.309 e. The first kappa shape index (κ1) is 12.9. The molecule has 6 heteroatoms. The summed E-state index contributed by atoms with van der Waals surface area (Å²) in [6.07, 6.45) is 1.47. The van der Waals surface area contributed by atoms with E-state index in [1.165, 1.54) is 18.3 Å². The minimum atomic E-state index is -0.698. The second kappa shape index (κ2) is 5.43. The first-order chi connectivity index (χ1) is 9.08.